The Hall–Kier alpha value is -1.20. The number of nitrogens with one attached hydrogen (secondary N) is 2. The highest BCUT2D eigenvalue weighted by molar-refractivity contribution is 7.99. The van der Waals surface area contributed by atoms with Crippen LogP contribution in [-0.2, 0) is 0 Å². The number of fused-ring (bicyclic) bond motifs is 1. The van der Waals surface area contributed by atoms with Crippen LogP contribution in [0.2, 0.25) is 0 Å². The molecule has 0 fully saturated rings. The highest BCUT2D eigenvalue weighted by Crippen LogP contribution is 2.23. The first-order valence-electron chi connectivity index (χ1n) is 7.48. The van der Waals surface area contributed by atoms with Crippen molar-refractivity contribution in [3.63, 3.8) is 0 Å². The summed E-state index contributed by atoms with van der Waals surface area (Å²) in [6, 6.07) is 5.98. The average Bonchev–Trinajstić information content (AvgIpc) is 2.79. The van der Waals surface area contributed by atoms with Gasteiger partial charge in [0.15, 0.2) is 5.16 Å². The molecule has 1 aromatic heterocycles. The molecule has 0 spiro atoms. The van der Waals surface area contributed by atoms with Gasteiger partial charge in [-0.05, 0) is 52.8 Å². The van der Waals surface area contributed by atoms with Gasteiger partial charge in [-0.3, -0.25) is 0 Å². The first-order chi connectivity index (χ1) is 9.98. The summed E-state index contributed by atoms with van der Waals surface area (Å²) in [7, 11) is 0. The zero-order valence-electron chi connectivity index (χ0n) is 13.3. The fourth-order valence-corrected chi connectivity index (χ4v) is 2.82. The standard InChI is InChI=1S/C16H25N3OS/c1-5-20-12-7-8-13-14(11-12)19-15(18-13)21-10-6-9-17-16(2,3)4/h7-8,11,17H,5-6,9-10H2,1-4H3,(H,18,19). The molecular formula is C16H25N3OS. The minimum absolute atomic E-state index is 0.194. The van der Waals surface area contributed by atoms with Crippen molar-refractivity contribution >= 4 is 22.8 Å². The van der Waals surface area contributed by atoms with E-state index in [0.717, 1.165) is 40.7 Å². The molecule has 116 valence electrons. The molecule has 2 N–H and O–H groups in total. The summed E-state index contributed by atoms with van der Waals surface area (Å²) in [4.78, 5) is 7.94. The van der Waals surface area contributed by atoms with Crippen LogP contribution in [0.1, 0.15) is 34.1 Å². The molecule has 0 aliphatic carbocycles. The third-order valence-corrected chi connectivity index (χ3v) is 3.92. The highest BCUT2D eigenvalue weighted by atomic mass is 32.2. The zero-order chi connectivity index (χ0) is 15.3. The van der Waals surface area contributed by atoms with Crippen molar-refractivity contribution < 1.29 is 4.74 Å². The summed E-state index contributed by atoms with van der Waals surface area (Å²) in [5.74, 6) is 1.95. The van der Waals surface area contributed by atoms with E-state index in [1.54, 1.807) is 11.8 Å². The van der Waals surface area contributed by atoms with Crippen LogP contribution in [0.15, 0.2) is 23.4 Å². The SMILES string of the molecule is CCOc1ccc2nc(SCCCNC(C)(C)C)[nH]c2c1. The van der Waals surface area contributed by atoms with Crippen LogP contribution in [0.4, 0.5) is 0 Å². The van der Waals surface area contributed by atoms with Crippen LogP contribution in [0.25, 0.3) is 11.0 Å². The second-order valence-corrected chi connectivity index (χ2v) is 7.12. The fraction of sp³-hybridized carbons (Fsp3) is 0.562. The number of benzene rings is 1. The first kappa shape index (κ1) is 16.2. The molecule has 21 heavy (non-hydrogen) atoms. The molecule has 0 aliphatic heterocycles. The third-order valence-electron chi connectivity index (χ3n) is 2.96. The van der Waals surface area contributed by atoms with Crippen molar-refractivity contribution in [2.75, 3.05) is 18.9 Å². The van der Waals surface area contributed by atoms with Crippen LogP contribution >= 0.6 is 11.8 Å². The largest absolute Gasteiger partial charge is 0.494 e. The minimum Gasteiger partial charge on any atom is -0.494 e. The second kappa shape index (κ2) is 7.18. The van der Waals surface area contributed by atoms with Gasteiger partial charge in [0.1, 0.15) is 5.75 Å². The minimum atomic E-state index is 0.194. The van der Waals surface area contributed by atoms with E-state index in [4.69, 9.17) is 4.74 Å². The van der Waals surface area contributed by atoms with E-state index in [0.29, 0.717) is 6.61 Å². The normalized spacial score (nSPS) is 12.0. The van der Waals surface area contributed by atoms with E-state index in [1.807, 2.05) is 25.1 Å². The van der Waals surface area contributed by atoms with Gasteiger partial charge in [0.25, 0.3) is 0 Å². The third kappa shape index (κ3) is 5.25. The number of H-pyrrole nitrogens is 1. The van der Waals surface area contributed by atoms with Crippen molar-refractivity contribution in [3.05, 3.63) is 18.2 Å². The van der Waals surface area contributed by atoms with Gasteiger partial charge >= 0.3 is 0 Å². The second-order valence-electron chi connectivity index (χ2n) is 6.03. The molecule has 0 saturated heterocycles. The smallest absolute Gasteiger partial charge is 0.166 e. The van der Waals surface area contributed by atoms with E-state index in [1.165, 1.54) is 0 Å². The molecule has 0 atom stereocenters. The number of thioether (sulfide) groups is 1. The fourth-order valence-electron chi connectivity index (χ4n) is 1.99. The maximum Gasteiger partial charge on any atom is 0.166 e. The lowest BCUT2D eigenvalue weighted by molar-refractivity contribution is 0.340. The Labute approximate surface area is 131 Å². The van der Waals surface area contributed by atoms with Gasteiger partial charge in [-0.25, -0.2) is 4.98 Å². The lowest BCUT2D eigenvalue weighted by Crippen LogP contribution is -2.36. The number of hydrogen-bond donors (Lipinski definition) is 2. The Morgan fingerprint density at radius 3 is 2.86 bits per heavy atom. The number of imidazole rings is 1. The molecule has 5 heteroatoms. The monoisotopic (exact) mass is 307 g/mol. The van der Waals surface area contributed by atoms with Gasteiger partial charge in [0.2, 0.25) is 0 Å². The van der Waals surface area contributed by atoms with Crippen LogP contribution in [0, 0.1) is 0 Å². The van der Waals surface area contributed by atoms with Crippen molar-refractivity contribution in [3.8, 4) is 5.75 Å². The van der Waals surface area contributed by atoms with Crippen molar-refractivity contribution in [1.82, 2.24) is 15.3 Å². The number of aromatic amines is 1. The molecule has 4 nitrogen and oxygen atoms in total. The van der Waals surface area contributed by atoms with Gasteiger partial charge in [0, 0.05) is 17.4 Å². The van der Waals surface area contributed by atoms with Crippen molar-refractivity contribution in [1.29, 1.82) is 0 Å². The molecule has 0 bridgehead atoms. The zero-order valence-corrected chi connectivity index (χ0v) is 14.1. The number of nitrogens with zero attached hydrogens (tertiary/aromatic N) is 1. The van der Waals surface area contributed by atoms with Gasteiger partial charge in [0.05, 0.1) is 17.6 Å². The van der Waals surface area contributed by atoms with Crippen LogP contribution in [-0.4, -0.2) is 34.4 Å². The molecule has 0 aliphatic rings. The molecule has 1 aromatic carbocycles. The predicted octanol–water partition coefficient (Wildman–Crippen LogP) is 3.83. The summed E-state index contributed by atoms with van der Waals surface area (Å²) in [5.41, 5.74) is 2.23. The maximum absolute atomic E-state index is 5.51. The lowest BCUT2D eigenvalue weighted by atomic mass is 10.1. The molecule has 0 radical (unpaired) electrons. The molecule has 2 aromatic rings. The van der Waals surface area contributed by atoms with Gasteiger partial charge in [-0.1, -0.05) is 11.8 Å². The maximum atomic E-state index is 5.51. The van der Waals surface area contributed by atoms with Crippen LogP contribution in [0.3, 0.4) is 0 Å². The Morgan fingerprint density at radius 2 is 2.14 bits per heavy atom. The van der Waals surface area contributed by atoms with E-state index < -0.39 is 0 Å². The first-order valence-corrected chi connectivity index (χ1v) is 8.47. The number of aromatic nitrogens is 2. The topological polar surface area (TPSA) is 49.9 Å². The molecule has 0 saturated carbocycles. The van der Waals surface area contributed by atoms with E-state index in [2.05, 4.69) is 36.1 Å². The molecule has 0 amide bonds. The van der Waals surface area contributed by atoms with Crippen molar-refractivity contribution in [2.24, 2.45) is 0 Å². The van der Waals surface area contributed by atoms with Crippen molar-refractivity contribution in [2.45, 2.75) is 44.8 Å². The molecule has 0 unspecified atom stereocenters. The number of ether oxygens (including phenoxy) is 1. The Kier molecular flexibility index (Phi) is 5.53. The van der Waals surface area contributed by atoms with Gasteiger partial charge < -0.3 is 15.0 Å². The Balaban J connectivity index is 1.85. The molecule has 1 heterocycles. The van der Waals surface area contributed by atoms with E-state index in [-0.39, 0.29) is 5.54 Å². The summed E-state index contributed by atoms with van der Waals surface area (Å²) in [5, 5.41) is 4.48. The van der Waals surface area contributed by atoms with E-state index >= 15 is 0 Å². The van der Waals surface area contributed by atoms with Crippen LogP contribution < -0.4 is 10.1 Å². The predicted molar refractivity (Wildman–Crippen MR) is 90.4 cm³/mol. The summed E-state index contributed by atoms with van der Waals surface area (Å²) in [6.07, 6.45) is 1.13. The summed E-state index contributed by atoms with van der Waals surface area (Å²) >= 11 is 1.77. The lowest BCUT2D eigenvalue weighted by Gasteiger charge is -2.20. The van der Waals surface area contributed by atoms with Gasteiger partial charge in [-0.2, -0.15) is 0 Å². The van der Waals surface area contributed by atoms with E-state index in [9.17, 15) is 0 Å². The number of hydrogen-bond acceptors (Lipinski definition) is 4. The highest BCUT2D eigenvalue weighted by Gasteiger charge is 2.08. The Bertz CT molecular complexity index is 574. The quantitative estimate of drug-likeness (QED) is 0.603. The van der Waals surface area contributed by atoms with Crippen LogP contribution in [0.5, 0.6) is 5.75 Å². The Morgan fingerprint density at radius 1 is 1.33 bits per heavy atom. The molecule has 2 rings (SSSR count). The number of rotatable bonds is 7. The van der Waals surface area contributed by atoms with Gasteiger partial charge in [-0.15, -0.1) is 0 Å². The molecular weight excluding hydrogens is 282 g/mol. The average molecular weight is 307 g/mol. The summed E-state index contributed by atoms with van der Waals surface area (Å²) < 4.78 is 5.51. The summed E-state index contributed by atoms with van der Waals surface area (Å²) in [6.45, 7) is 10.3.